The molecule has 34 heavy (non-hydrogen) atoms. The van der Waals surface area contributed by atoms with Gasteiger partial charge in [-0.25, -0.2) is 4.39 Å². The average molecular weight is 487 g/mol. The third-order valence-corrected chi connectivity index (χ3v) is 7.37. The number of aryl methyl sites for hydroxylation is 1. The number of aromatic nitrogens is 2. The van der Waals surface area contributed by atoms with E-state index in [2.05, 4.69) is 29.0 Å². The van der Waals surface area contributed by atoms with Crippen LogP contribution in [-0.4, -0.2) is 9.97 Å². The zero-order valence-corrected chi connectivity index (χ0v) is 20.4. The van der Waals surface area contributed by atoms with Crippen LogP contribution >= 0.6 is 22.9 Å². The Bertz CT molecular complexity index is 1400. The fourth-order valence-electron chi connectivity index (χ4n) is 4.10. The third-order valence-electron chi connectivity index (χ3n) is 5.92. The molecule has 0 saturated heterocycles. The highest BCUT2D eigenvalue weighted by atomic mass is 35.5. The van der Waals surface area contributed by atoms with Gasteiger partial charge in [-0.15, -0.1) is 11.3 Å². The van der Waals surface area contributed by atoms with E-state index in [0.29, 0.717) is 10.6 Å². The van der Waals surface area contributed by atoms with Crippen LogP contribution in [0.25, 0.3) is 44.1 Å². The number of unbranched alkanes of at least 4 members (excludes halogenated alkanes) is 1. The maximum absolute atomic E-state index is 15.6. The molecule has 0 radical (unpaired) electrons. The molecule has 5 rings (SSSR count). The molecule has 0 bridgehead atoms. The Hall–Kier alpha value is -3.21. The predicted molar refractivity (Wildman–Crippen MR) is 142 cm³/mol. The summed E-state index contributed by atoms with van der Waals surface area (Å²) >= 11 is 7.82. The second kappa shape index (κ2) is 9.96. The number of hydrogen-bond donors (Lipinski definition) is 1. The van der Waals surface area contributed by atoms with E-state index in [1.165, 1.54) is 17.7 Å². The van der Waals surface area contributed by atoms with Crippen molar-refractivity contribution in [2.75, 3.05) is 0 Å². The Morgan fingerprint density at radius 1 is 0.853 bits per heavy atom. The van der Waals surface area contributed by atoms with Gasteiger partial charge in [0.2, 0.25) is 0 Å². The first-order chi connectivity index (χ1) is 16.6. The van der Waals surface area contributed by atoms with Gasteiger partial charge in [0, 0.05) is 49.6 Å². The lowest BCUT2D eigenvalue weighted by Crippen LogP contribution is -1.88. The first-order valence-corrected chi connectivity index (χ1v) is 12.6. The number of H-pyrrole nitrogens is 1. The molecule has 2 nitrogen and oxygen atoms in total. The molecule has 0 spiro atoms. The van der Waals surface area contributed by atoms with Gasteiger partial charge >= 0.3 is 0 Å². The number of nitrogens with zero attached hydrogens (tertiary/aromatic N) is 1. The minimum absolute atomic E-state index is 0.238. The second-order valence-electron chi connectivity index (χ2n) is 8.28. The number of nitrogens with one attached hydrogen (secondary N) is 1. The van der Waals surface area contributed by atoms with E-state index < -0.39 is 0 Å². The third kappa shape index (κ3) is 4.70. The van der Waals surface area contributed by atoms with Crippen molar-refractivity contribution in [3.05, 3.63) is 101 Å². The number of pyridine rings is 1. The van der Waals surface area contributed by atoms with E-state index in [0.717, 1.165) is 44.9 Å². The van der Waals surface area contributed by atoms with Gasteiger partial charge in [-0.05, 0) is 72.5 Å². The summed E-state index contributed by atoms with van der Waals surface area (Å²) in [4.78, 5) is 10.1. The number of hydrogen-bond acceptors (Lipinski definition) is 2. The Morgan fingerprint density at radius 3 is 2.35 bits per heavy atom. The Labute approximate surface area is 208 Å². The zero-order chi connectivity index (χ0) is 23.5. The lowest BCUT2D eigenvalue weighted by molar-refractivity contribution is 0.632. The van der Waals surface area contributed by atoms with Gasteiger partial charge in [-0.3, -0.25) is 4.98 Å². The van der Waals surface area contributed by atoms with Crippen LogP contribution in [0.5, 0.6) is 0 Å². The summed E-state index contributed by atoms with van der Waals surface area (Å²) in [5, 5.41) is 0.679. The standard InChI is InChI=1S/C29H24ClFN2S/c1-2-3-4-23-10-12-28(34-23)21-7-11-24(26(31)17-21)25-18-27(19-5-8-22(30)9-6-19)33-29(25)20-13-15-32-16-14-20/h5-18,33H,2-4H2,1H3. The summed E-state index contributed by atoms with van der Waals surface area (Å²) < 4.78 is 15.6. The van der Waals surface area contributed by atoms with Gasteiger partial charge in [0.15, 0.2) is 0 Å². The molecular formula is C29H24ClFN2S. The van der Waals surface area contributed by atoms with E-state index in [1.54, 1.807) is 29.8 Å². The van der Waals surface area contributed by atoms with Gasteiger partial charge in [-0.2, -0.15) is 0 Å². The number of thiophene rings is 1. The minimum Gasteiger partial charge on any atom is -0.354 e. The summed E-state index contributed by atoms with van der Waals surface area (Å²) in [7, 11) is 0. The first-order valence-electron chi connectivity index (χ1n) is 11.4. The lowest BCUT2D eigenvalue weighted by Gasteiger charge is -2.07. The summed E-state index contributed by atoms with van der Waals surface area (Å²) in [6, 6.07) is 23.3. The van der Waals surface area contributed by atoms with Crippen LogP contribution in [0.1, 0.15) is 24.6 Å². The van der Waals surface area contributed by atoms with Crippen LogP contribution in [0.4, 0.5) is 4.39 Å². The largest absolute Gasteiger partial charge is 0.354 e. The van der Waals surface area contributed by atoms with Gasteiger partial charge in [-0.1, -0.05) is 49.2 Å². The number of rotatable bonds is 7. The molecule has 0 aliphatic carbocycles. The number of aromatic amines is 1. The van der Waals surface area contributed by atoms with E-state index in [4.69, 9.17) is 11.6 Å². The molecule has 0 fully saturated rings. The summed E-state index contributed by atoms with van der Waals surface area (Å²) in [5.41, 5.74) is 5.99. The summed E-state index contributed by atoms with van der Waals surface area (Å²) in [6.07, 6.45) is 6.91. The highest BCUT2D eigenvalue weighted by Crippen LogP contribution is 2.39. The van der Waals surface area contributed by atoms with E-state index >= 15 is 4.39 Å². The van der Waals surface area contributed by atoms with Crippen molar-refractivity contribution >= 4 is 22.9 Å². The maximum Gasteiger partial charge on any atom is 0.131 e. The quantitative estimate of drug-likeness (QED) is 0.244. The normalized spacial score (nSPS) is 11.1. The predicted octanol–water partition coefficient (Wildman–Crippen LogP) is 9.27. The maximum atomic E-state index is 15.6. The number of benzene rings is 2. The van der Waals surface area contributed by atoms with Gasteiger partial charge < -0.3 is 4.98 Å². The molecule has 2 aromatic carbocycles. The van der Waals surface area contributed by atoms with Gasteiger partial charge in [0.05, 0.1) is 5.69 Å². The summed E-state index contributed by atoms with van der Waals surface area (Å²) in [5.74, 6) is -0.238. The highest BCUT2D eigenvalue weighted by molar-refractivity contribution is 7.15. The molecule has 0 saturated carbocycles. The van der Waals surface area contributed by atoms with E-state index in [9.17, 15) is 0 Å². The molecule has 5 aromatic rings. The minimum atomic E-state index is -0.238. The average Bonchev–Trinajstić information content (AvgIpc) is 3.51. The van der Waals surface area contributed by atoms with Crippen LogP contribution in [0.3, 0.4) is 0 Å². The van der Waals surface area contributed by atoms with Crippen LogP contribution < -0.4 is 0 Å². The van der Waals surface area contributed by atoms with Crippen LogP contribution in [-0.2, 0) is 6.42 Å². The number of halogens is 2. The molecule has 1 N–H and O–H groups in total. The molecule has 3 heterocycles. The zero-order valence-electron chi connectivity index (χ0n) is 18.8. The Kier molecular flexibility index (Phi) is 6.61. The highest BCUT2D eigenvalue weighted by Gasteiger charge is 2.17. The van der Waals surface area contributed by atoms with Gasteiger partial charge in [0.1, 0.15) is 5.82 Å². The molecule has 0 atom stereocenters. The van der Waals surface area contributed by atoms with Crippen molar-refractivity contribution < 1.29 is 4.39 Å². The molecule has 3 aromatic heterocycles. The smallest absolute Gasteiger partial charge is 0.131 e. The fraction of sp³-hybridized carbons (Fsp3) is 0.138. The van der Waals surface area contributed by atoms with Crippen LogP contribution in [0.2, 0.25) is 5.02 Å². The van der Waals surface area contributed by atoms with Crippen LogP contribution in [0.15, 0.2) is 85.2 Å². The van der Waals surface area contributed by atoms with E-state index in [1.807, 2.05) is 54.6 Å². The molecule has 0 amide bonds. The second-order valence-corrected chi connectivity index (χ2v) is 9.88. The van der Waals surface area contributed by atoms with Crippen molar-refractivity contribution in [3.8, 4) is 44.1 Å². The fourth-order valence-corrected chi connectivity index (χ4v) is 5.28. The monoisotopic (exact) mass is 486 g/mol. The van der Waals surface area contributed by atoms with Crippen molar-refractivity contribution in [1.29, 1.82) is 0 Å². The molecule has 5 heteroatoms. The molecule has 0 unspecified atom stereocenters. The van der Waals surface area contributed by atoms with Crippen molar-refractivity contribution in [2.24, 2.45) is 0 Å². The topological polar surface area (TPSA) is 28.7 Å². The Balaban J connectivity index is 1.56. The summed E-state index contributed by atoms with van der Waals surface area (Å²) in [6.45, 7) is 2.20. The SMILES string of the molecule is CCCCc1ccc(-c2ccc(-c3cc(-c4ccc(Cl)cc4)[nH]c3-c3ccncc3)c(F)c2)s1. The van der Waals surface area contributed by atoms with Crippen molar-refractivity contribution in [3.63, 3.8) is 0 Å². The van der Waals surface area contributed by atoms with Gasteiger partial charge in [0.25, 0.3) is 0 Å². The van der Waals surface area contributed by atoms with Crippen LogP contribution in [0, 0.1) is 5.82 Å². The molecular weight excluding hydrogens is 463 g/mol. The lowest BCUT2D eigenvalue weighted by atomic mass is 9.99. The molecule has 0 aliphatic rings. The van der Waals surface area contributed by atoms with E-state index in [-0.39, 0.29) is 5.82 Å². The molecule has 170 valence electrons. The first kappa shape index (κ1) is 22.6. The molecule has 0 aliphatic heterocycles. The Morgan fingerprint density at radius 2 is 1.62 bits per heavy atom. The van der Waals surface area contributed by atoms with Crippen molar-refractivity contribution in [2.45, 2.75) is 26.2 Å². The van der Waals surface area contributed by atoms with Crippen molar-refractivity contribution in [1.82, 2.24) is 9.97 Å².